The Morgan fingerprint density at radius 2 is 0.750 bits per heavy atom. The second-order valence-electron chi connectivity index (χ2n) is 5.47. The van der Waals surface area contributed by atoms with Gasteiger partial charge in [0.1, 0.15) is 0 Å². The summed E-state index contributed by atoms with van der Waals surface area (Å²) in [6, 6.07) is 0. The summed E-state index contributed by atoms with van der Waals surface area (Å²) in [7, 11) is 10.6. The number of hydrogen-bond donors (Lipinski definition) is 3. The molecule has 9 nitrogen and oxygen atoms in total. The molecule has 0 saturated heterocycles. The minimum absolute atomic E-state index is 0.833. The maximum Gasteiger partial charge on any atom is 0.300 e. The van der Waals surface area contributed by atoms with Crippen LogP contribution in [-0.4, -0.2) is 109 Å². The number of hydrogen-bond acceptors (Lipinski definition) is 6. The molecule has 0 amide bonds. The van der Waals surface area contributed by atoms with Crippen molar-refractivity contribution in [1.82, 2.24) is 14.7 Å². The summed E-state index contributed by atoms with van der Waals surface area (Å²) in [4.78, 5) is 33.8. The molecule has 0 atom stereocenters. The van der Waals surface area contributed by atoms with E-state index in [4.69, 9.17) is 29.7 Å². The lowest BCUT2D eigenvalue weighted by Crippen LogP contribution is -2.33. The fourth-order valence-electron chi connectivity index (χ4n) is 0.853. The zero-order valence-electron chi connectivity index (χ0n) is 16.2. The van der Waals surface area contributed by atoms with Gasteiger partial charge in [0.2, 0.25) is 0 Å². The Hall–Kier alpha value is -1.71. The summed E-state index contributed by atoms with van der Waals surface area (Å²) >= 11 is 0. The molecule has 24 heavy (non-hydrogen) atoms. The number of carboxylic acids is 3. The molecule has 0 aliphatic rings. The molecule has 0 spiro atoms. The lowest BCUT2D eigenvalue weighted by atomic mass is 10.4. The van der Waals surface area contributed by atoms with Gasteiger partial charge in [0.05, 0.1) is 0 Å². The molecule has 0 rings (SSSR count). The van der Waals surface area contributed by atoms with Gasteiger partial charge in [-0.1, -0.05) is 0 Å². The molecular formula is C15H35N3O6. The summed E-state index contributed by atoms with van der Waals surface area (Å²) in [6.07, 6.45) is 0. The average Bonchev–Trinajstić information content (AvgIpc) is 2.31. The third-order valence-corrected chi connectivity index (χ3v) is 1.86. The smallest absolute Gasteiger partial charge is 0.300 e. The number of likely N-dealkylation sites (N-methyl/N-ethyl adjacent to an activating group) is 3. The van der Waals surface area contributed by atoms with E-state index in [1.54, 1.807) is 0 Å². The molecule has 0 saturated carbocycles. The quantitative estimate of drug-likeness (QED) is 0.619. The van der Waals surface area contributed by atoms with Gasteiger partial charge >= 0.3 is 0 Å². The van der Waals surface area contributed by atoms with E-state index >= 15 is 0 Å². The Morgan fingerprint density at radius 1 is 0.583 bits per heavy atom. The van der Waals surface area contributed by atoms with E-state index in [1.807, 2.05) is 0 Å². The third kappa shape index (κ3) is 110. The van der Waals surface area contributed by atoms with E-state index in [0.29, 0.717) is 0 Å². The van der Waals surface area contributed by atoms with Crippen LogP contribution < -0.4 is 0 Å². The van der Waals surface area contributed by atoms with Gasteiger partial charge < -0.3 is 30.0 Å². The van der Waals surface area contributed by atoms with Crippen molar-refractivity contribution in [1.29, 1.82) is 0 Å². The zero-order valence-corrected chi connectivity index (χ0v) is 16.2. The van der Waals surface area contributed by atoms with Crippen LogP contribution in [0.5, 0.6) is 0 Å². The lowest BCUT2D eigenvalue weighted by Gasteiger charge is -2.20. The zero-order chi connectivity index (χ0) is 20.3. The van der Waals surface area contributed by atoms with E-state index in [0.717, 1.165) is 47.0 Å². The maximum absolute atomic E-state index is 9.00. The number of rotatable bonds is 6. The molecule has 146 valence electrons. The van der Waals surface area contributed by atoms with Crippen molar-refractivity contribution in [2.75, 3.05) is 61.4 Å². The van der Waals surface area contributed by atoms with Gasteiger partial charge in [-0.05, 0) is 35.2 Å². The lowest BCUT2D eigenvalue weighted by molar-refractivity contribution is -0.135. The highest BCUT2D eigenvalue weighted by Gasteiger charge is 1.98. The van der Waals surface area contributed by atoms with Crippen LogP contribution >= 0.6 is 0 Å². The predicted molar refractivity (Wildman–Crippen MR) is 94.5 cm³/mol. The van der Waals surface area contributed by atoms with Crippen molar-refractivity contribution in [2.45, 2.75) is 20.8 Å². The van der Waals surface area contributed by atoms with E-state index in [-0.39, 0.29) is 0 Å². The van der Waals surface area contributed by atoms with Gasteiger partial charge in [0.15, 0.2) is 0 Å². The molecule has 3 N–H and O–H groups in total. The number of carbonyl (C=O) groups is 3. The van der Waals surface area contributed by atoms with Gasteiger partial charge in [0.25, 0.3) is 17.9 Å². The fraction of sp³-hybridized carbons (Fsp3) is 0.800. The average molecular weight is 353 g/mol. The predicted octanol–water partition coefficient (Wildman–Crippen LogP) is 0.314. The van der Waals surface area contributed by atoms with E-state index in [1.165, 1.54) is 0 Å². The molecular weight excluding hydrogens is 318 g/mol. The van der Waals surface area contributed by atoms with E-state index in [2.05, 4.69) is 49.9 Å². The van der Waals surface area contributed by atoms with Gasteiger partial charge in [0, 0.05) is 47.0 Å². The van der Waals surface area contributed by atoms with Crippen LogP contribution in [0.25, 0.3) is 0 Å². The molecule has 9 heteroatoms. The van der Waals surface area contributed by atoms with Gasteiger partial charge in [-0.15, -0.1) is 0 Å². The molecule has 0 aliphatic carbocycles. The van der Waals surface area contributed by atoms with Crippen LogP contribution in [-0.2, 0) is 14.4 Å². The molecule has 0 aromatic carbocycles. The number of nitrogens with zero attached hydrogens (tertiary/aromatic N) is 3. The van der Waals surface area contributed by atoms with E-state index < -0.39 is 17.9 Å². The SMILES string of the molecule is CC(=O)O.CC(=O)O.CC(=O)O.CN(C)CCN(C)CCN(C)C. The Bertz CT molecular complexity index is 270. The second-order valence-corrected chi connectivity index (χ2v) is 5.47. The van der Waals surface area contributed by atoms with Gasteiger partial charge in [-0.3, -0.25) is 14.4 Å². The van der Waals surface area contributed by atoms with Crippen molar-refractivity contribution in [2.24, 2.45) is 0 Å². The highest BCUT2D eigenvalue weighted by atomic mass is 16.4. The summed E-state index contributed by atoms with van der Waals surface area (Å²) in [5, 5.41) is 22.2. The van der Waals surface area contributed by atoms with Crippen molar-refractivity contribution < 1.29 is 29.7 Å². The van der Waals surface area contributed by atoms with Crippen LogP contribution in [0.3, 0.4) is 0 Å². The normalized spacial score (nSPS) is 9.12. The second kappa shape index (κ2) is 21.3. The third-order valence-electron chi connectivity index (χ3n) is 1.86. The Kier molecular flexibility index (Phi) is 26.8. The molecule has 0 bridgehead atoms. The van der Waals surface area contributed by atoms with Gasteiger partial charge in [-0.2, -0.15) is 0 Å². The monoisotopic (exact) mass is 353 g/mol. The minimum atomic E-state index is -0.833. The first-order chi connectivity index (χ1) is 10.7. The fourth-order valence-corrected chi connectivity index (χ4v) is 0.853. The molecule has 0 heterocycles. The Labute approximate surface area is 145 Å². The first-order valence-electron chi connectivity index (χ1n) is 7.28. The van der Waals surface area contributed by atoms with Crippen LogP contribution in [0.1, 0.15) is 20.8 Å². The first kappa shape index (κ1) is 30.2. The summed E-state index contributed by atoms with van der Waals surface area (Å²) < 4.78 is 0. The molecule has 0 aromatic rings. The summed E-state index contributed by atoms with van der Waals surface area (Å²) in [6.45, 7) is 7.84. The van der Waals surface area contributed by atoms with Crippen molar-refractivity contribution in [3.8, 4) is 0 Å². The summed E-state index contributed by atoms with van der Waals surface area (Å²) in [5.74, 6) is -2.50. The highest BCUT2D eigenvalue weighted by molar-refractivity contribution is 5.63. The molecule has 0 aromatic heterocycles. The first-order valence-corrected chi connectivity index (χ1v) is 7.28. The van der Waals surface area contributed by atoms with Crippen LogP contribution in [0.2, 0.25) is 0 Å². The van der Waals surface area contributed by atoms with Gasteiger partial charge in [-0.25, -0.2) is 0 Å². The Morgan fingerprint density at radius 3 is 0.875 bits per heavy atom. The maximum atomic E-state index is 9.00. The Balaban J connectivity index is -0.000000137. The number of aliphatic carboxylic acids is 3. The topological polar surface area (TPSA) is 122 Å². The molecule has 0 radical (unpaired) electrons. The number of carboxylic acid groups (broad SMARTS) is 3. The molecule has 0 fully saturated rings. The van der Waals surface area contributed by atoms with Crippen LogP contribution in [0, 0.1) is 0 Å². The molecule has 0 unspecified atom stereocenters. The van der Waals surface area contributed by atoms with Crippen LogP contribution in [0.15, 0.2) is 0 Å². The summed E-state index contributed by atoms with van der Waals surface area (Å²) in [5.41, 5.74) is 0. The minimum Gasteiger partial charge on any atom is -0.481 e. The van der Waals surface area contributed by atoms with Crippen LogP contribution in [0.4, 0.5) is 0 Å². The van der Waals surface area contributed by atoms with Crippen molar-refractivity contribution >= 4 is 17.9 Å². The largest absolute Gasteiger partial charge is 0.481 e. The highest BCUT2D eigenvalue weighted by Crippen LogP contribution is 1.84. The van der Waals surface area contributed by atoms with E-state index in [9.17, 15) is 0 Å². The standard InChI is InChI=1S/C9H23N3.3C2H4O2/c1-10(2)6-8-12(5)9-7-11(3)4;3*1-2(3)4/h6-9H2,1-5H3;3*1H3,(H,3,4). The molecule has 0 aliphatic heterocycles. The van der Waals surface area contributed by atoms with Crippen molar-refractivity contribution in [3.63, 3.8) is 0 Å². The van der Waals surface area contributed by atoms with Crippen molar-refractivity contribution in [3.05, 3.63) is 0 Å².